The van der Waals surface area contributed by atoms with Crippen LogP contribution < -0.4 is 5.73 Å². The second-order valence-corrected chi connectivity index (χ2v) is 5.92. The topological polar surface area (TPSA) is 35.2 Å². The van der Waals surface area contributed by atoms with E-state index in [4.69, 9.17) is 10.5 Å². The predicted molar refractivity (Wildman–Crippen MR) is 73.1 cm³/mol. The molecule has 2 nitrogen and oxygen atoms in total. The van der Waals surface area contributed by atoms with Crippen molar-refractivity contribution in [1.82, 2.24) is 0 Å². The summed E-state index contributed by atoms with van der Waals surface area (Å²) >= 11 is 0. The molecule has 18 heavy (non-hydrogen) atoms. The third-order valence-corrected chi connectivity index (χ3v) is 5.07. The van der Waals surface area contributed by atoms with Crippen molar-refractivity contribution in [3.8, 4) is 0 Å². The molecule has 1 aromatic carbocycles. The van der Waals surface area contributed by atoms with Crippen LogP contribution in [-0.4, -0.2) is 0 Å². The van der Waals surface area contributed by atoms with Gasteiger partial charge in [0.2, 0.25) is 0 Å². The molecule has 1 heterocycles. The summed E-state index contributed by atoms with van der Waals surface area (Å²) in [6.07, 6.45) is 6.46. The molecule has 0 spiro atoms. The Bertz CT molecular complexity index is 435. The minimum atomic E-state index is 0.191. The fraction of sp³-hybridized carbons (Fsp3) is 0.625. The third kappa shape index (κ3) is 1.88. The molecule has 0 amide bonds. The zero-order valence-electron chi connectivity index (χ0n) is 11.2. The van der Waals surface area contributed by atoms with E-state index >= 15 is 0 Å². The summed E-state index contributed by atoms with van der Waals surface area (Å²) in [4.78, 5) is 0. The van der Waals surface area contributed by atoms with Crippen LogP contribution in [0, 0.1) is 5.41 Å². The number of rotatable bonds is 3. The van der Waals surface area contributed by atoms with Gasteiger partial charge in [0.1, 0.15) is 0 Å². The van der Waals surface area contributed by atoms with Crippen LogP contribution in [0.15, 0.2) is 18.2 Å². The molecule has 1 aliphatic heterocycles. The van der Waals surface area contributed by atoms with Crippen molar-refractivity contribution in [2.45, 2.75) is 58.3 Å². The molecular weight excluding hydrogens is 222 g/mol. The van der Waals surface area contributed by atoms with Crippen LogP contribution in [0.5, 0.6) is 0 Å². The first kappa shape index (κ1) is 12.2. The lowest BCUT2D eigenvalue weighted by Crippen LogP contribution is -2.31. The van der Waals surface area contributed by atoms with E-state index in [-0.39, 0.29) is 6.04 Å². The monoisotopic (exact) mass is 245 g/mol. The van der Waals surface area contributed by atoms with E-state index in [1.54, 1.807) is 0 Å². The van der Waals surface area contributed by atoms with Gasteiger partial charge in [0.05, 0.1) is 13.2 Å². The van der Waals surface area contributed by atoms with Gasteiger partial charge in [-0.15, -0.1) is 0 Å². The Morgan fingerprint density at radius 3 is 2.67 bits per heavy atom. The molecule has 98 valence electrons. The number of fused-ring (bicyclic) bond motifs is 1. The minimum Gasteiger partial charge on any atom is -0.372 e. The van der Waals surface area contributed by atoms with Gasteiger partial charge in [-0.1, -0.05) is 38.0 Å². The SMILES string of the molecule is CCC1(C(N)c2ccc3c(c2)COC3)CCCC1. The molecule has 2 N–H and O–H groups in total. The van der Waals surface area contributed by atoms with Crippen molar-refractivity contribution in [2.24, 2.45) is 11.1 Å². The van der Waals surface area contributed by atoms with Crippen LogP contribution in [0.25, 0.3) is 0 Å². The second-order valence-electron chi connectivity index (χ2n) is 5.92. The average Bonchev–Trinajstić information content (AvgIpc) is 3.06. The van der Waals surface area contributed by atoms with Gasteiger partial charge in [-0.05, 0) is 41.4 Å². The molecule has 1 unspecified atom stereocenters. The van der Waals surface area contributed by atoms with E-state index in [0.29, 0.717) is 5.41 Å². The van der Waals surface area contributed by atoms with Crippen molar-refractivity contribution < 1.29 is 4.74 Å². The third-order valence-electron chi connectivity index (χ3n) is 5.07. The summed E-state index contributed by atoms with van der Waals surface area (Å²) in [5.74, 6) is 0. The Kier molecular flexibility index (Phi) is 3.16. The smallest absolute Gasteiger partial charge is 0.0725 e. The average molecular weight is 245 g/mol. The number of ether oxygens (including phenoxy) is 1. The van der Waals surface area contributed by atoms with Crippen LogP contribution in [0.2, 0.25) is 0 Å². The lowest BCUT2D eigenvalue weighted by molar-refractivity contribution is 0.134. The molecular formula is C16H23NO. The Labute approximate surface area is 110 Å². The largest absolute Gasteiger partial charge is 0.372 e. The Morgan fingerprint density at radius 1 is 1.22 bits per heavy atom. The Balaban J connectivity index is 1.89. The van der Waals surface area contributed by atoms with Crippen molar-refractivity contribution in [3.05, 3.63) is 34.9 Å². The normalized spacial score (nSPS) is 23.0. The molecule has 0 aromatic heterocycles. The van der Waals surface area contributed by atoms with E-state index in [1.807, 2.05) is 0 Å². The first-order chi connectivity index (χ1) is 8.75. The fourth-order valence-electron chi connectivity index (χ4n) is 3.70. The zero-order valence-corrected chi connectivity index (χ0v) is 11.2. The highest BCUT2D eigenvalue weighted by molar-refractivity contribution is 5.35. The number of nitrogens with two attached hydrogens (primary N) is 1. The number of benzene rings is 1. The maximum atomic E-state index is 6.60. The van der Waals surface area contributed by atoms with Gasteiger partial charge in [0, 0.05) is 6.04 Å². The first-order valence-corrected chi connectivity index (χ1v) is 7.20. The predicted octanol–water partition coefficient (Wildman–Crippen LogP) is 3.69. The Morgan fingerprint density at radius 2 is 1.94 bits per heavy atom. The Hall–Kier alpha value is -0.860. The van der Waals surface area contributed by atoms with Gasteiger partial charge in [-0.2, -0.15) is 0 Å². The van der Waals surface area contributed by atoms with Crippen LogP contribution in [0.4, 0.5) is 0 Å². The quantitative estimate of drug-likeness (QED) is 0.881. The van der Waals surface area contributed by atoms with Gasteiger partial charge in [0.15, 0.2) is 0 Å². The van der Waals surface area contributed by atoms with E-state index in [1.165, 1.54) is 48.8 Å². The second kappa shape index (κ2) is 4.67. The molecule has 1 aliphatic carbocycles. The van der Waals surface area contributed by atoms with E-state index in [9.17, 15) is 0 Å². The lowest BCUT2D eigenvalue weighted by atomic mass is 9.73. The molecule has 0 saturated heterocycles. The summed E-state index contributed by atoms with van der Waals surface area (Å²) in [6, 6.07) is 6.89. The summed E-state index contributed by atoms with van der Waals surface area (Å²) in [7, 11) is 0. The summed E-state index contributed by atoms with van der Waals surface area (Å²) in [6.45, 7) is 3.82. The van der Waals surface area contributed by atoms with E-state index < -0.39 is 0 Å². The summed E-state index contributed by atoms with van der Waals surface area (Å²) < 4.78 is 5.49. The van der Waals surface area contributed by atoms with Gasteiger partial charge >= 0.3 is 0 Å². The summed E-state index contributed by atoms with van der Waals surface area (Å²) in [5, 5.41) is 0. The molecule has 2 aliphatic rings. The summed E-state index contributed by atoms with van der Waals surface area (Å²) in [5.41, 5.74) is 10.9. The van der Waals surface area contributed by atoms with Gasteiger partial charge in [0.25, 0.3) is 0 Å². The minimum absolute atomic E-state index is 0.191. The maximum Gasteiger partial charge on any atom is 0.0725 e. The maximum absolute atomic E-state index is 6.60. The van der Waals surface area contributed by atoms with Gasteiger partial charge in [-0.3, -0.25) is 0 Å². The van der Waals surface area contributed by atoms with Crippen LogP contribution in [-0.2, 0) is 18.0 Å². The van der Waals surface area contributed by atoms with Crippen molar-refractivity contribution in [3.63, 3.8) is 0 Å². The van der Waals surface area contributed by atoms with Gasteiger partial charge in [-0.25, -0.2) is 0 Å². The fourth-order valence-corrected chi connectivity index (χ4v) is 3.70. The molecule has 1 fully saturated rings. The van der Waals surface area contributed by atoms with Crippen LogP contribution in [0.3, 0.4) is 0 Å². The highest BCUT2D eigenvalue weighted by Crippen LogP contribution is 2.49. The lowest BCUT2D eigenvalue weighted by Gasteiger charge is -2.35. The molecule has 0 radical (unpaired) electrons. The van der Waals surface area contributed by atoms with E-state index in [0.717, 1.165) is 13.2 Å². The highest BCUT2D eigenvalue weighted by Gasteiger charge is 2.38. The standard InChI is InChI=1S/C16H23NO/c1-2-16(7-3-4-8-16)15(17)12-5-6-13-10-18-11-14(13)9-12/h5-6,9,15H,2-4,7-8,10-11,17H2,1H3. The van der Waals surface area contributed by atoms with E-state index in [2.05, 4.69) is 25.1 Å². The molecule has 0 bridgehead atoms. The number of hydrogen-bond acceptors (Lipinski definition) is 2. The van der Waals surface area contributed by atoms with Crippen LogP contribution in [0.1, 0.15) is 61.8 Å². The number of hydrogen-bond donors (Lipinski definition) is 1. The van der Waals surface area contributed by atoms with Crippen molar-refractivity contribution in [1.29, 1.82) is 0 Å². The molecule has 2 heteroatoms. The van der Waals surface area contributed by atoms with Crippen LogP contribution >= 0.6 is 0 Å². The molecule has 1 saturated carbocycles. The van der Waals surface area contributed by atoms with Gasteiger partial charge < -0.3 is 10.5 Å². The molecule has 1 atom stereocenters. The van der Waals surface area contributed by atoms with Crippen molar-refractivity contribution >= 4 is 0 Å². The molecule has 1 aromatic rings. The zero-order chi connectivity index (χ0) is 12.6. The highest BCUT2D eigenvalue weighted by atomic mass is 16.5. The molecule has 3 rings (SSSR count). The van der Waals surface area contributed by atoms with Crippen molar-refractivity contribution in [2.75, 3.05) is 0 Å². The first-order valence-electron chi connectivity index (χ1n) is 7.20.